The van der Waals surface area contributed by atoms with E-state index in [-0.39, 0.29) is 16.5 Å². The van der Waals surface area contributed by atoms with E-state index in [1.54, 1.807) is 20.8 Å². The highest BCUT2D eigenvalue weighted by atomic mass is 32.1. The Bertz CT molecular complexity index is 632. The molecule has 10 heteroatoms. The molecule has 126 valence electrons. The number of esters is 1. The lowest BCUT2D eigenvalue weighted by Crippen LogP contribution is -2.27. The molecule has 1 N–H and O–H groups in total. The first-order valence-corrected chi connectivity index (χ1v) is 7.30. The number of hydrogen-bond donors (Lipinski definition) is 1. The summed E-state index contributed by atoms with van der Waals surface area (Å²) in [6.07, 6.45) is -0.685. The second kappa shape index (κ2) is 7.68. The molecule has 1 rings (SSSR count). The molecule has 0 atom stereocenters. The third kappa shape index (κ3) is 6.43. The average molecular weight is 343 g/mol. The molecule has 0 bridgehead atoms. The molecule has 23 heavy (non-hydrogen) atoms. The molecular weight excluding hydrogens is 326 g/mol. The molecule has 0 radical (unpaired) electrons. The minimum absolute atomic E-state index is 0.0918. The Morgan fingerprint density at radius 1 is 1.30 bits per heavy atom. The topological polar surface area (TPSA) is 116 Å². The van der Waals surface area contributed by atoms with Crippen molar-refractivity contribution in [2.24, 2.45) is 5.16 Å². The van der Waals surface area contributed by atoms with Crippen molar-refractivity contribution < 1.29 is 28.7 Å². The van der Waals surface area contributed by atoms with Crippen LogP contribution in [0.3, 0.4) is 0 Å². The van der Waals surface area contributed by atoms with Crippen molar-refractivity contribution >= 4 is 40.2 Å². The second-order valence-electron chi connectivity index (χ2n) is 5.18. The van der Waals surface area contributed by atoms with Crippen molar-refractivity contribution in [3.8, 4) is 0 Å². The van der Waals surface area contributed by atoms with Crippen LogP contribution in [0.5, 0.6) is 0 Å². The van der Waals surface area contributed by atoms with E-state index in [9.17, 15) is 14.4 Å². The summed E-state index contributed by atoms with van der Waals surface area (Å²) in [5.41, 5.74) is -0.858. The van der Waals surface area contributed by atoms with Gasteiger partial charge in [-0.15, -0.1) is 11.3 Å². The number of anilines is 1. The molecule has 0 unspecified atom stereocenters. The van der Waals surface area contributed by atoms with E-state index in [0.29, 0.717) is 0 Å². The highest BCUT2D eigenvalue weighted by Crippen LogP contribution is 2.18. The van der Waals surface area contributed by atoms with Gasteiger partial charge in [-0.1, -0.05) is 5.16 Å². The van der Waals surface area contributed by atoms with Crippen LogP contribution in [-0.4, -0.2) is 41.4 Å². The van der Waals surface area contributed by atoms with E-state index in [2.05, 4.69) is 25.0 Å². The maximum Gasteiger partial charge on any atom is 0.413 e. The van der Waals surface area contributed by atoms with Gasteiger partial charge in [-0.25, -0.2) is 19.4 Å². The summed E-state index contributed by atoms with van der Waals surface area (Å²) in [7, 11) is 1.15. The monoisotopic (exact) mass is 343 g/mol. The zero-order chi connectivity index (χ0) is 17.6. The number of hydrogen-bond acceptors (Lipinski definition) is 9. The molecule has 0 spiro atoms. The van der Waals surface area contributed by atoms with Gasteiger partial charge in [0.25, 0.3) is 0 Å². The van der Waals surface area contributed by atoms with Gasteiger partial charge in [-0.3, -0.25) is 5.32 Å². The number of thiazole rings is 1. The number of carbonyl (C=O) groups is 3. The van der Waals surface area contributed by atoms with Crippen LogP contribution in [0, 0.1) is 0 Å². The molecule has 0 saturated heterocycles. The average Bonchev–Trinajstić information content (AvgIpc) is 2.84. The summed E-state index contributed by atoms with van der Waals surface area (Å²) < 4.78 is 9.63. The number of oxime groups is 1. The SMILES string of the molecule is COC(=O)C(=NOC(C)=O)c1csc(NC(=O)OC(C)(C)C)n1. The molecular formula is C13H17N3O6S. The zero-order valence-corrected chi connectivity index (χ0v) is 14.1. The summed E-state index contributed by atoms with van der Waals surface area (Å²) in [5, 5.41) is 7.47. The number of nitrogens with one attached hydrogen (secondary N) is 1. The van der Waals surface area contributed by atoms with Crippen LogP contribution >= 0.6 is 11.3 Å². The summed E-state index contributed by atoms with van der Waals surface area (Å²) >= 11 is 1.04. The number of nitrogens with zero attached hydrogens (tertiary/aromatic N) is 2. The maximum absolute atomic E-state index is 11.7. The molecule has 0 saturated carbocycles. The molecule has 1 aromatic heterocycles. The lowest BCUT2D eigenvalue weighted by Gasteiger charge is -2.18. The third-order valence-electron chi connectivity index (χ3n) is 2.00. The van der Waals surface area contributed by atoms with E-state index >= 15 is 0 Å². The fraction of sp³-hybridized carbons (Fsp3) is 0.462. The normalized spacial score (nSPS) is 11.6. The molecule has 1 aromatic rings. The van der Waals surface area contributed by atoms with Crippen LogP contribution in [0.25, 0.3) is 0 Å². The van der Waals surface area contributed by atoms with E-state index in [1.807, 2.05) is 0 Å². The molecule has 0 aromatic carbocycles. The number of methoxy groups -OCH3 is 1. The Morgan fingerprint density at radius 2 is 1.96 bits per heavy atom. The van der Waals surface area contributed by atoms with Crippen molar-refractivity contribution in [3.05, 3.63) is 11.1 Å². The van der Waals surface area contributed by atoms with Gasteiger partial charge in [0.05, 0.1) is 7.11 Å². The molecule has 0 fully saturated rings. The van der Waals surface area contributed by atoms with Crippen LogP contribution in [0.1, 0.15) is 33.4 Å². The van der Waals surface area contributed by atoms with Gasteiger partial charge in [0.2, 0.25) is 5.71 Å². The number of carbonyl (C=O) groups excluding carboxylic acids is 3. The molecule has 0 aliphatic rings. The zero-order valence-electron chi connectivity index (χ0n) is 13.3. The number of ether oxygens (including phenoxy) is 2. The van der Waals surface area contributed by atoms with E-state index in [4.69, 9.17) is 4.74 Å². The largest absolute Gasteiger partial charge is 0.464 e. The number of amides is 1. The summed E-state index contributed by atoms with van der Waals surface area (Å²) in [4.78, 5) is 42.6. The first kappa shape index (κ1) is 18.6. The Morgan fingerprint density at radius 3 is 2.48 bits per heavy atom. The van der Waals surface area contributed by atoms with E-state index < -0.39 is 23.6 Å². The van der Waals surface area contributed by atoms with Gasteiger partial charge in [0.15, 0.2) is 5.13 Å². The van der Waals surface area contributed by atoms with Gasteiger partial charge < -0.3 is 14.3 Å². The van der Waals surface area contributed by atoms with Crippen molar-refractivity contribution in [2.75, 3.05) is 12.4 Å². The molecule has 0 aliphatic carbocycles. The van der Waals surface area contributed by atoms with Crippen LogP contribution in [0.15, 0.2) is 10.5 Å². The van der Waals surface area contributed by atoms with Crippen molar-refractivity contribution in [1.82, 2.24) is 4.98 Å². The Balaban J connectivity index is 2.90. The smallest absolute Gasteiger partial charge is 0.413 e. The first-order valence-electron chi connectivity index (χ1n) is 6.42. The minimum Gasteiger partial charge on any atom is -0.464 e. The van der Waals surface area contributed by atoms with Crippen molar-refractivity contribution in [3.63, 3.8) is 0 Å². The summed E-state index contributed by atoms with van der Waals surface area (Å²) in [5.74, 6) is -1.53. The van der Waals surface area contributed by atoms with Gasteiger partial charge in [-0.2, -0.15) is 0 Å². The van der Waals surface area contributed by atoms with Crippen LogP contribution in [0.4, 0.5) is 9.93 Å². The van der Waals surface area contributed by atoms with Crippen molar-refractivity contribution in [1.29, 1.82) is 0 Å². The van der Waals surface area contributed by atoms with E-state index in [1.165, 1.54) is 5.38 Å². The standard InChI is InChI=1S/C13H17N3O6S/c1-7(17)22-16-9(10(18)20-5)8-6-23-11(14-8)15-12(19)21-13(2,3)4/h6H,1-5H3,(H,14,15,19). The predicted molar refractivity (Wildman–Crippen MR) is 82.3 cm³/mol. The molecule has 1 amide bonds. The first-order chi connectivity index (χ1) is 10.6. The van der Waals surface area contributed by atoms with Crippen LogP contribution in [-0.2, 0) is 23.9 Å². The number of rotatable bonds is 4. The predicted octanol–water partition coefficient (Wildman–Crippen LogP) is 1.93. The third-order valence-corrected chi connectivity index (χ3v) is 2.76. The maximum atomic E-state index is 11.7. The number of aromatic nitrogens is 1. The van der Waals surface area contributed by atoms with Gasteiger partial charge in [-0.05, 0) is 20.8 Å². The van der Waals surface area contributed by atoms with Gasteiger partial charge in [0.1, 0.15) is 11.3 Å². The molecule has 9 nitrogen and oxygen atoms in total. The van der Waals surface area contributed by atoms with E-state index in [0.717, 1.165) is 25.4 Å². The Labute approximate surface area is 136 Å². The Kier molecular flexibility index (Phi) is 6.19. The lowest BCUT2D eigenvalue weighted by molar-refractivity contribution is -0.141. The summed E-state index contributed by atoms with van der Waals surface area (Å²) in [6.45, 7) is 6.30. The second-order valence-corrected chi connectivity index (χ2v) is 6.04. The fourth-order valence-electron chi connectivity index (χ4n) is 1.23. The highest BCUT2D eigenvalue weighted by Gasteiger charge is 2.22. The fourth-order valence-corrected chi connectivity index (χ4v) is 1.91. The van der Waals surface area contributed by atoms with Crippen LogP contribution < -0.4 is 5.32 Å². The van der Waals surface area contributed by atoms with Gasteiger partial charge in [0, 0.05) is 12.3 Å². The summed E-state index contributed by atoms with van der Waals surface area (Å²) in [6, 6.07) is 0. The van der Waals surface area contributed by atoms with Crippen molar-refractivity contribution in [2.45, 2.75) is 33.3 Å². The van der Waals surface area contributed by atoms with Gasteiger partial charge >= 0.3 is 18.0 Å². The lowest BCUT2D eigenvalue weighted by atomic mass is 10.2. The molecule has 1 heterocycles. The highest BCUT2D eigenvalue weighted by molar-refractivity contribution is 7.14. The molecule has 0 aliphatic heterocycles. The minimum atomic E-state index is -0.833. The Hall–Kier alpha value is -2.49. The van der Waals surface area contributed by atoms with Crippen LogP contribution in [0.2, 0.25) is 0 Å². The quantitative estimate of drug-likeness (QED) is 0.384.